The molecule has 208 valence electrons. The number of Topliss-reactive ketones (excluding diaryl/α,β-unsaturated/α-hetero) is 3. The monoisotopic (exact) mass is 559 g/mol. The van der Waals surface area contributed by atoms with Gasteiger partial charge in [-0.25, -0.2) is 4.39 Å². The summed E-state index contributed by atoms with van der Waals surface area (Å²) >= 11 is 0. The second kappa shape index (κ2) is 9.52. The second-order valence-electron chi connectivity index (χ2n) is 10.7. The molecular weight excluding hydrogens is 533 g/mol. The first-order valence-electron chi connectivity index (χ1n) is 13.7. The molecule has 7 rings (SSSR count). The Labute approximate surface area is 242 Å². The highest BCUT2D eigenvalue weighted by atomic mass is 19.1. The van der Waals surface area contributed by atoms with Crippen LogP contribution in [0.2, 0.25) is 0 Å². The molecule has 2 heterocycles. The molecule has 0 bridgehead atoms. The van der Waals surface area contributed by atoms with Gasteiger partial charge in [-0.2, -0.15) is 0 Å². The predicted molar refractivity (Wildman–Crippen MR) is 156 cm³/mol. The summed E-state index contributed by atoms with van der Waals surface area (Å²) in [5.74, 6) is -1.56. The number of rotatable bonds is 5. The highest BCUT2D eigenvalue weighted by Crippen LogP contribution is 2.62. The van der Waals surface area contributed by atoms with Crippen LogP contribution in [0.15, 0.2) is 97.1 Å². The lowest BCUT2D eigenvalue weighted by Gasteiger charge is -2.37. The number of hydrogen-bond acceptors (Lipinski definition) is 6. The van der Waals surface area contributed by atoms with E-state index in [1.165, 1.54) is 38.5 Å². The third kappa shape index (κ3) is 3.40. The summed E-state index contributed by atoms with van der Waals surface area (Å²) in [5, 5.41) is 0. The summed E-state index contributed by atoms with van der Waals surface area (Å²) in [7, 11) is 3.04. The normalized spacial score (nSPS) is 21.2. The molecule has 0 aromatic heterocycles. The van der Waals surface area contributed by atoms with E-state index >= 15 is 0 Å². The van der Waals surface area contributed by atoms with Crippen LogP contribution in [0.3, 0.4) is 0 Å². The quantitative estimate of drug-likeness (QED) is 0.216. The third-order valence-electron chi connectivity index (χ3n) is 8.88. The van der Waals surface area contributed by atoms with Crippen LogP contribution in [-0.4, -0.2) is 43.7 Å². The van der Waals surface area contributed by atoms with Crippen LogP contribution in [-0.2, 0) is 0 Å². The summed E-state index contributed by atoms with van der Waals surface area (Å²) in [5.41, 5.74) is 1.33. The van der Waals surface area contributed by atoms with Gasteiger partial charge in [0.25, 0.3) is 0 Å². The maximum Gasteiger partial charge on any atom is 0.185 e. The zero-order chi connectivity index (χ0) is 29.2. The van der Waals surface area contributed by atoms with Crippen molar-refractivity contribution in [3.8, 4) is 11.5 Å². The van der Waals surface area contributed by atoms with Crippen molar-refractivity contribution in [1.82, 2.24) is 0 Å². The lowest BCUT2D eigenvalue weighted by atomic mass is 9.64. The Morgan fingerprint density at radius 2 is 1.50 bits per heavy atom. The molecule has 7 heteroatoms. The van der Waals surface area contributed by atoms with Crippen LogP contribution >= 0.6 is 0 Å². The smallest absolute Gasteiger partial charge is 0.185 e. The Morgan fingerprint density at radius 1 is 0.833 bits per heavy atom. The molecule has 0 unspecified atom stereocenters. The molecular formula is C35H26FNO5. The number of nitrogens with zero attached hydrogens (tertiary/aromatic N) is 1. The summed E-state index contributed by atoms with van der Waals surface area (Å²) in [6, 6.07) is 23.2. The topological polar surface area (TPSA) is 72.9 Å². The maximum atomic E-state index is 14.8. The van der Waals surface area contributed by atoms with Gasteiger partial charge in [-0.15, -0.1) is 0 Å². The molecule has 0 N–H and O–H groups in total. The average molecular weight is 560 g/mol. The molecule has 0 amide bonds. The van der Waals surface area contributed by atoms with Crippen LogP contribution in [0.5, 0.6) is 11.5 Å². The van der Waals surface area contributed by atoms with Crippen molar-refractivity contribution in [2.45, 2.75) is 18.0 Å². The Hall–Kier alpha value is -5.04. The van der Waals surface area contributed by atoms with E-state index in [1.807, 2.05) is 41.3 Å². The Balaban J connectivity index is 1.58. The van der Waals surface area contributed by atoms with E-state index in [0.717, 1.165) is 11.3 Å². The van der Waals surface area contributed by atoms with E-state index < -0.39 is 29.2 Å². The number of methoxy groups -OCH3 is 2. The standard InChI is InChI=1S/C35H26FNO5/c1-41-23-16-17-28(42-2)26(19-23)30-31(32(38)21-11-14-22(36)15-12-21)37-27-10-6-3-7-20(27)13-18-29(37)35(30)33(39)24-8-4-5-9-25(24)34(35)40/h3-19,29-31H,1-2H3/t29-,30+,31+/m1/s1. The first-order chi connectivity index (χ1) is 20.4. The van der Waals surface area contributed by atoms with E-state index in [2.05, 4.69) is 0 Å². The lowest BCUT2D eigenvalue weighted by Crippen LogP contribution is -2.48. The van der Waals surface area contributed by atoms with Crippen LogP contribution in [0, 0.1) is 11.2 Å². The van der Waals surface area contributed by atoms with Crippen LogP contribution in [0.25, 0.3) is 6.08 Å². The van der Waals surface area contributed by atoms with E-state index in [4.69, 9.17) is 9.47 Å². The van der Waals surface area contributed by atoms with Gasteiger partial charge >= 0.3 is 0 Å². The minimum absolute atomic E-state index is 0.270. The fourth-order valence-electron chi connectivity index (χ4n) is 7.13. The molecule has 4 aromatic rings. The van der Waals surface area contributed by atoms with Crippen molar-refractivity contribution in [2.24, 2.45) is 5.41 Å². The Kier molecular flexibility index (Phi) is 5.87. The highest BCUT2D eigenvalue weighted by Gasteiger charge is 2.72. The molecule has 6 nitrogen and oxygen atoms in total. The van der Waals surface area contributed by atoms with Crippen molar-refractivity contribution in [1.29, 1.82) is 0 Å². The lowest BCUT2D eigenvalue weighted by molar-refractivity contribution is 0.0664. The zero-order valence-electron chi connectivity index (χ0n) is 22.9. The van der Waals surface area contributed by atoms with Gasteiger partial charge in [0.1, 0.15) is 28.8 Å². The number of benzene rings is 4. The largest absolute Gasteiger partial charge is 0.497 e. The maximum absolute atomic E-state index is 14.8. The van der Waals surface area contributed by atoms with Gasteiger partial charge in [0.2, 0.25) is 0 Å². The SMILES string of the molecule is COc1ccc(OC)c([C@H]2[C@@H](C(=O)c3ccc(F)cc3)N3c4ccccc4C=C[C@@H]3C23C(=O)c2ccccc2C3=O)c1. The van der Waals surface area contributed by atoms with Gasteiger partial charge in [0.15, 0.2) is 17.3 Å². The minimum Gasteiger partial charge on any atom is -0.497 e. The van der Waals surface area contributed by atoms with Crippen LogP contribution in [0.1, 0.15) is 48.1 Å². The van der Waals surface area contributed by atoms with Gasteiger partial charge in [-0.05, 0) is 54.1 Å². The van der Waals surface area contributed by atoms with Gasteiger partial charge in [0.05, 0.1) is 20.3 Å². The minimum atomic E-state index is -1.69. The average Bonchev–Trinajstić information content (AvgIpc) is 3.46. The number of carbonyl (C=O) groups is 3. The van der Waals surface area contributed by atoms with E-state index in [9.17, 15) is 18.8 Å². The number of halogens is 1. The number of fused-ring (bicyclic) bond motifs is 5. The number of carbonyl (C=O) groups excluding carboxylic acids is 3. The second-order valence-corrected chi connectivity index (χ2v) is 10.7. The molecule has 0 saturated carbocycles. The molecule has 1 saturated heterocycles. The number of anilines is 1. The van der Waals surface area contributed by atoms with Gasteiger partial charge < -0.3 is 14.4 Å². The molecule has 1 spiro atoms. The van der Waals surface area contributed by atoms with Crippen LogP contribution < -0.4 is 14.4 Å². The molecule has 1 fully saturated rings. The number of ether oxygens (including phenoxy) is 2. The van der Waals surface area contributed by atoms with Crippen molar-refractivity contribution < 1.29 is 28.2 Å². The molecule has 2 aliphatic heterocycles. The third-order valence-corrected chi connectivity index (χ3v) is 8.88. The number of ketones is 3. The number of hydrogen-bond donors (Lipinski definition) is 0. The van der Waals surface area contributed by atoms with Gasteiger partial charge in [-0.3, -0.25) is 14.4 Å². The van der Waals surface area contributed by atoms with E-state index in [1.54, 1.807) is 42.5 Å². The van der Waals surface area contributed by atoms with Crippen molar-refractivity contribution in [3.63, 3.8) is 0 Å². The van der Waals surface area contributed by atoms with E-state index in [0.29, 0.717) is 28.2 Å². The van der Waals surface area contributed by atoms with Gasteiger partial charge in [0, 0.05) is 33.9 Å². The molecule has 42 heavy (non-hydrogen) atoms. The van der Waals surface area contributed by atoms with Crippen molar-refractivity contribution in [2.75, 3.05) is 19.1 Å². The molecule has 1 aliphatic carbocycles. The van der Waals surface area contributed by atoms with Crippen molar-refractivity contribution in [3.05, 3.63) is 131 Å². The zero-order valence-corrected chi connectivity index (χ0v) is 22.9. The predicted octanol–water partition coefficient (Wildman–Crippen LogP) is 6.16. The van der Waals surface area contributed by atoms with Gasteiger partial charge in [-0.1, -0.05) is 54.6 Å². The van der Waals surface area contributed by atoms with Crippen LogP contribution in [0.4, 0.5) is 10.1 Å². The fourth-order valence-corrected chi connectivity index (χ4v) is 7.13. The summed E-state index contributed by atoms with van der Waals surface area (Å²) in [6.07, 6.45) is 3.77. The summed E-state index contributed by atoms with van der Waals surface area (Å²) < 4.78 is 25.3. The molecule has 4 aromatic carbocycles. The highest BCUT2D eigenvalue weighted by molar-refractivity contribution is 6.32. The Morgan fingerprint density at radius 3 is 2.17 bits per heavy atom. The Bertz CT molecular complexity index is 1780. The van der Waals surface area contributed by atoms with E-state index in [-0.39, 0.29) is 22.9 Å². The number of para-hydroxylation sites is 1. The summed E-state index contributed by atoms with van der Waals surface area (Å²) in [6.45, 7) is 0. The summed E-state index contributed by atoms with van der Waals surface area (Å²) in [4.78, 5) is 46.2. The first kappa shape index (κ1) is 25.9. The van der Waals surface area contributed by atoms with Crippen molar-refractivity contribution >= 4 is 29.1 Å². The molecule has 3 atom stereocenters. The molecule has 0 radical (unpaired) electrons. The first-order valence-corrected chi connectivity index (χ1v) is 13.7. The fraction of sp³-hybridized carbons (Fsp3) is 0.171. The molecule has 3 aliphatic rings.